The number of rotatable bonds is 9. The third kappa shape index (κ3) is 6.97. The van der Waals surface area contributed by atoms with E-state index in [4.69, 9.17) is 14.2 Å². The third-order valence-electron chi connectivity index (χ3n) is 4.53. The predicted molar refractivity (Wildman–Crippen MR) is 113 cm³/mol. The topological polar surface area (TPSA) is 82.1 Å². The molecule has 30 heavy (non-hydrogen) atoms. The van der Waals surface area contributed by atoms with Crippen LogP contribution >= 0.6 is 0 Å². The lowest BCUT2D eigenvalue weighted by Gasteiger charge is -2.37. The summed E-state index contributed by atoms with van der Waals surface area (Å²) in [6.07, 6.45) is -1.87. The molecule has 6 heteroatoms. The van der Waals surface area contributed by atoms with E-state index in [1.54, 1.807) is 55.5 Å². The minimum absolute atomic E-state index is 0.115. The second-order valence-corrected chi connectivity index (χ2v) is 8.17. The maximum absolute atomic E-state index is 12.4. The number of hydrogen-bond donors (Lipinski definition) is 1. The van der Waals surface area contributed by atoms with Gasteiger partial charge in [-0.3, -0.25) is 0 Å². The summed E-state index contributed by atoms with van der Waals surface area (Å²) in [5.41, 5.74) is 0.479. The molecule has 3 atom stereocenters. The van der Waals surface area contributed by atoms with E-state index in [1.165, 1.54) is 0 Å². The summed E-state index contributed by atoms with van der Waals surface area (Å²) >= 11 is 0. The molecule has 0 fully saturated rings. The maximum atomic E-state index is 12.4. The van der Waals surface area contributed by atoms with Crippen molar-refractivity contribution in [2.45, 2.75) is 46.0 Å². The van der Waals surface area contributed by atoms with Crippen LogP contribution in [-0.2, 0) is 14.2 Å². The minimum atomic E-state index is -0.750. The van der Waals surface area contributed by atoms with Gasteiger partial charge in [0, 0.05) is 0 Å². The van der Waals surface area contributed by atoms with Gasteiger partial charge in [-0.25, -0.2) is 9.59 Å². The Morgan fingerprint density at radius 2 is 1.40 bits per heavy atom. The quantitative estimate of drug-likeness (QED) is 0.627. The summed E-state index contributed by atoms with van der Waals surface area (Å²) < 4.78 is 16.9. The monoisotopic (exact) mass is 414 g/mol. The van der Waals surface area contributed by atoms with Crippen LogP contribution in [0.25, 0.3) is 0 Å². The van der Waals surface area contributed by atoms with Gasteiger partial charge in [-0.2, -0.15) is 0 Å². The molecular formula is C24H30O6. The maximum Gasteiger partial charge on any atom is 0.338 e. The molecule has 1 N–H and O–H groups in total. The Morgan fingerprint density at radius 3 is 1.87 bits per heavy atom. The molecule has 0 aromatic heterocycles. The second kappa shape index (κ2) is 10.9. The molecule has 0 saturated carbocycles. The average Bonchev–Trinajstić information content (AvgIpc) is 2.73. The van der Waals surface area contributed by atoms with Crippen LogP contribution in [0.4, 0.5) is 0 Å². The Labute approximate surface area is 177 Å². The van der Waals surface area contributed by atoms with Crippen LogP contribution in [0.15, 0.2) is 60.7 Å². The van der Waals surface area contributed by atoms with E-state index in [9.17, 15) is 14.7 Å². The molecule has 0 radical (unpaired) electrons. The summed E-state index contributed by atoms with van der Waals surface area (Å²) in [5.74, 6) is -0.939. The highest BCUT2D eigenvalue weighted by molar-refractivity contribution is 5.89. The first kappa shape index (κ1) is 23.6. The van der Waals surface area contributed by atoms with Crippen molar-refractivity contribution >= 4 is 11.9 Å². The summed E-state index contributed by atoms with van der Waals surface area (Å²) in [5, 5.41) is 9.74. The highest BCUT2D eigenvalue weighted by atomic mass is 16.6. The molecule has 0 aliphatic rings. The van der Waals surface area contributed by atoms with E-state index in [0.29, 0.717) is 11.1 Å². The first-order valence-electron chi connectivity index (χ1n) is 9.97. The van der Waals surface area contributed by atoms with Crippen molar-refractivity contribution in [3.05, 3.63) is 71.8 Å². The Balaban J connectivity index is 2.01. The Morgan fingerprint density at radius 1 is 0.900 bits per heavy atom. The molecule has 162 valence electrons. The standard InChI is InChI=1S/C24H30O6/c1-17(29-23(27)19-13-9-6-10-14-19)21(24(2,3)4)30-20(15-25)16-28-22(26)18-11-7-5-8-12-18/h5-14,17,20-21,25H,15-16H2,1-4H3/t17-,20+,21-/m1/s1. The van der Waals surface area contributed by atoms with E-state index in [-0.39, 0.29) is 13.2 Å². The SMILES string of the molecule is C[C@@H](OC(=O)c1ccccc1)[C@@H](O[C@@H](CO)COC(=O)c1ccccc1)C(C)(C)C. The van der Waals surface area contributed by atoms with Gasteiger partial charge in [0.1, 0.15) is 18.8 Å². The number of carbonyl (C=O) groups is 2. The van der Waals surface area contributed by atoms with Gasteiger partial charge in [-0.05, 0) is 36.6 Å². The van der Waals surface area contributed by atoms with Crippen molar-refractivity contribution in [3.63, 3.8) is 0 Å². The number of ether oxygens (including phenoxy) is 3. The summed E-state index contributed by atoms with van der Waals surface area (Å²) in [7, 11) is 0. The van der Waals surface area contributed by atoms with Gasteiger partial charge in [-0.1, -0.05) is 57.2 Å². The zero-order valence-corrected chi connectivity index (χ0v) is 17.9. The molecule has 2 aromatic carbocycles. The van der Waals surface area contributed by atoms with Crippen LogP contribution in [0.5, 0.6) is 0 Å². The smallest absolute Gasteiger partial charge is 0.338 e. The molecule has 0 aliphatic heterocycles. The number of benzene rings is 2. The van der Waals surface area contributed by atoms with E-state index in [2.05, 4.69) is 0 Å². The van der Waals surface area contributed by atoms with Gasteiger partial charge in [0.25, 0.3) is 0 Å². The molecule has 0 bridgehead atoms. The molecule has 0 spiro atoms. The number of carbonyl (C=O) groups excluding carboxylic acids is 2. The van der Waals surface area contributed by atoms with Gasteiger partial charge >= 0.3 is 11.9 Å². The zero-order valence-electron chi connectivity index (χ0n) is 17.9. The zero-order chi connectivity index (χ0) is 22.1. The molecule has 6 nitrogen and oxygen atoms in total. The largest absolute Gasteiger partial charge is 0.459 e. The molecule has 0 unspecified atom stereocenters. The van der Waals surface area contributed by atoms with Gasteiger partial charge in [0.05, 0.1) is 23.8 Å². The third-order valence-corrected chi connectivity index (χ3v) is 4.53. The normalized spacial score (nSPS) is 14.4. The fraction of sp³-hybridized carbons (Fsp3) is 0.417. The van der Waals surface area contributed by atoms with Crippen LogP contribution in [0.1, 0.15) is 48.4 Å². The lowest BCUT2D eigenvalue weighted by atomic mass is 9.86. The van der Waals surface area contributed by atoms with Crippen molar-refractivity contribution in [2.24, 2.45) is 5.41 Å². The van der Waals surface area contributed by atoms with Gasteiger partial charge in [0.2, 0.25) is 0 Å². The van der Waals surface area contributed by atoms with Crippen molar-refractivity contribution in [1.82, 2.24) is 0 Å². The lowest BCUT2D eigenvalue weighted by molar-refractivity contribution is -0.143. The van der Waals surface area contributed by atoms with Crippen LogP contribution in [-0.4, -0.2) is 48.6 Å². The Bertz CT molecular complexity index is 797. The van der Waals surface area contributed by atoms with E-state index in [0.717, 1.165) is 0 Å². The molecule has 2 rings (SSSR count). The number of hydrogen-bond acceptors (Lipinski definition) is 6. The van der Waals surface area contributed by atoms with E-state index < -0.39 is 35.7 Å². The fourth-order valence-corrected chi connectivity index (χ4v) is 3.06. The summed E-state index contributed by atoms with van der Waals surface area (Å²) in [6, 6.07) is 17.3. The first-order chi connectivity index (χ1) is 14.2. The van der Waals surface area contributed by atoms with Crippen molar-refractivity contribution in [3.8, 4) is 0 Å². The molecule has 0 heterocycles. The van der Waals surface area contributed by atoms with Gasteiger partial charge < -0.3 is 19.3 Å². The average molecular weight is 414 g/mol. The molecular weight excluding hydrogens is 384 g/mol. The van der Waals surface area contributed by atoms with Crippen molar-refractivity contribution in [1.29, 1.82) is 0 Å². The van der Waals surface area contributed by atoms with Crippen LogP contribution in [0.2, 0.25) is 0 Å². The molecule has 0 saturated heterocycles. The van der Waals surface area contributed by atoms with E-state index in [1.807, 2.05) is 32.9 Å². The molecule has 2 aromatic rings. The highest BCUT2D eigenvalue weighted by Gasteiger charge is 2.35. The van der Waals surface area contributed by atoms with Crippen molar-refractivity contribution in [2.75, 3.05) is 13.2 Å². The predicted octanol–water partition coefficient (Wildman–Crippen LogP) is 3.88. The first-order valence-corrected chi connectivity index (χ1v) is 9.97. The number of aliphatic hydroxyl groups is 1. The van der Waals surface area contributed by atoms with Crippen LogP contribution in [0, 0.1) is 5.41 Å². The summed E-state index contributed by atoms with van der Waals surface area (Å²) in [6.45, 7) is 7.16. The fourth-order valence-electron chi connectivity index (χ4n) is 3.06. The highest BCUT2D eigenvalue weighted by Crippen LogP contribution is 2.28. The lowest BCUT2D eigenvalue weighted by Crippen LogP contribution is -2.45. The van der Waals surface area contributed by atoms with Crippen LogP contribution in [0.3, 0.4) is 0 Å². The second-order valence-electron chi connectivity index (χ2n) is 8.17. The minimum Gasteiger partial charge on any atom is -0.459 e. The van der Waals surface area contributed by atoms with Crippen LogP contribution < -0.4 is 0 Å². The summed E-state index contributed by atoms with van der Waals surface area (Å²) in [4.78, 5) is 24.6. The number of esters is 2. The van der Waals surface area contributed by atoms with Gasteiger partial charge in [0.15, 0.2) is 0 Å². The number of aliphatic hydroxyl groups excluding tert-OH is 1. The Hall–Kier alpha value is -2.70. The van der Waals surface area contributed by atoms with Crippen molar-refractivity contribution < 1.29 is 28.9 Å². The molecule has 0 aliphatic carbocycles. The van der Waals surface area contributed by atoms with E-state index >= 15 is 0 Å². The molecule has 0 amide bonds. The Kier molecular flexibility index (Phi) is 8.57. The van der Waals surface area contributed by atoms with Gasteiger partial charge in [-0.15, -0.1) is 0 Å².